The van der Waals surface area contributed by atoms with E-state index in [0.717, 1.165) is 18.8 Å². The van der Waals surface area contributed by atoms with Crippen molar-refractivity contribution in [2.45, 2.75) is 13.1 Å². The molecular formula is C9H15N3. The van der Waals surface area contributed by atoms with Gasteiger partial charge in [-0.25, -0.2) is 0 Å². The van der Waals surface area contributed by atoms with Crippen LogP contribution in [0.1, 0.15) is 11.3 Å². The fourth-order valence-corrected chi connectivity index (χ4v) is 1.12. The van der Waals surface area contributed by atoms with Gasteiger partial charge in [-0.1, -0.05) is 0 Å². The Kier molecular flexibility index (Phi) is 3.70. The van der Waals surface area contributed by atoms with E-state index < -0.39 is 0 Å². The smallest absolute Gasteiger partial charge is 0.0544 e. The lowest BCUT2D eigenvalue weighted by molar-refractivity contribution is 0.775. The highest BCUT2D eigenvalue weighted by Crippen LogP contribution is 2.00. The first kappa shape index (κ1) is 9.16. The van der Waals surface area contributed by atoms with Crippen LogP contribution < -0.4 is 10.6 Å². The first-order valence-electron chi connectivity index (χ1n) is 4.10. The molecule has 0 radical (unpaired) electrons. The van der Waals surface area contributed by atoms with Crippen LogP contribution in [-0.2, 0) is 13.1 Å². The van der Waals surface area contributed by atoms with Crippen molar-refractivity contribution in [3.8, 4) is 0 Å². The maximum atomic E-state index is 4.22. The molecule has 1 aromatic rings. The molecule has 0 spiro atoms. The van der Waals surface area contributed by atoms with Gasteiger partial charge in [-0.3, -0.25) is 4.98 Å². The summed E-state index contributed by atoms with van der Waals surface area (Å²) in [6, 6.07) is 4.13. The van der Waals surface area contributed by atoms with Gasteiger partial charge in [0.2, 0.25) is 0 Å². The highest BCUT2D eigenvalue weighted by atomic mass is 14.8. The molecule has 2 N–H and O–H groups in total. The Labute approximate surface area is 73.2 Å². The van der Waals surface area contributed by atoms with Crippen LogP contribution in [0.25, 0.3) is 0 Å². The maximum absolute atomic E-state index is 4.22. The Morgan fingerprint density at radius 3 is 2.67 bits per heavy atom. The van der Waals surface area contributed by atoms with Crippen LogP contribution >= 0.6 is 0 Å². The Balaban J connectivity index is 2.67. The summed E-state index contributed by atoms with van der Waals surface area (Å²) in [5.41, 5.74) is 2.36. The number of rotatable bonds is 4. The number of pyridine rings is 1. The van der Waals surface area contributed by atoms with Crippen LogP contribution in [0.3, 0.4) is 0 Å². The van der Waals surface area contributed by atoms with E-state index in [1.807, 2.05) is 26.4 Å². The molecule has 0 unspecified atom stereocenters. The van der Waals surface area contributed by atoms with Crippen molar-refractivity contribution >= 4 is 0 Å². The van der Waals surface area contributed by atoms with Crippen LogP contribution in [0.4, 0.5) is 0 Å². The van der Waals surface area contributed by atoms with Crippen LogP contribution in [0.5, 0.6) is 0 Å². The van der Waals surface area contributed by atoms with Crippen molar-refractivity contribution in [2.75, 3.05) is 14.1 Å². The molecule has 0 bridgehead atoms. The second kappa shape index (κ2) is 4.85. The van der Waals surface area contributed by atoms with Gasteiger partial charge in [0.25, 0.3) is 0 Å². The van der Waals surface area contributed by atoms with E-state index in [9.17, 15) is 0 Å². The van der Waals surface area contributed by atoms with Crippen LogP contribution in [0.2, 0.25) is 0 Å². The Hall–Kier alpha value is -0.930. The van der Waals surface area contributed by atoms with E-state index >= 15 is 0 Å². The van der Waals surface area contributed by atoms with Crippen molar-refractivity contribution in [2.24, 2.45) is 0 Å². The zero-order valence-electron chi connectivity index (χ0n) is 7.59. The molecule has 1 heterocycles. The number of aromatic nitrogens is 1. The average Bonchev–Trinajstić information content (AvgIpc) is 2.06. The minimum absolute atomic E-state index is 0.831. The van der Waals surface area contributed by atoms with E-state index in [-0.39, 0.29) is 0 Å². The zero-order valence-corrected chi connectivity index (χ0v) is 7.59. The number of nitrogens with zero attached hydrogens (tertiary/aromatic N) is 1. The third kappa shape index (κ3) is 2.60. The molecule has 0 saturated carbocycles. The molecule has 0 aromatic carbocycles. The molecule has 0 amide bonds. The summed E-state index contributed by atoms with van der Waals surface area (Å²) in [4.78, 5) is 4.22. The first-order chi connectivity index (χ1) is 5.86. The van der Waals surface area contributed by atoms with E-state index in [2.05, 4.69) is 21.7 Å². The molecule has 1 rings (SSSR count). The van der Waals surface area contributed by atoms with Gasteiger partial charge in [0.1, 0.15) is 0 Å². The fraction of sp³-hybridized carbons (Fsp3) is 0.444. The van der Waals surface area contributed by atoms with Gasteiger partial charge in [-0.15, -0.1) is 0 Å². The summed E-state index contributed by atoms with van der Waals surface area (Å²) in [5, 5.41) is 6.18. The van der Waals surface area contributed by atoms with E-state index in [4.69, 9.17) is 0 Å². The van der Waals surface area contributed by atoms with E-state index in [1.165, 1.54) is 5.56 Å². The van der Waals surface area contributed by atoms with Crippen molar-refractivity contribution in [1.29, 1.82) is 0 Å². The molecule has 3 nitrogen and oxygen atoms in total. The normalized spacial score (nSPS) is 10.2. The van der Waals surface area contributed by atoms with E-state index in [1.54, 1.807) is 0 Å². The monoisotopic (exact) mass is 165 g/mol. The van der Waals surface area contributed by atoms with E-state index in [0.29, 0.717) is 0 Å². The lowest BCUT2D eigenvalue weighted by atomic mass is 10.2. The molecule has 0 aliphatic rings. The molecule has 1 aromatic heterocycles. The summed E-state index contributed by atoms with van der Waals surface area (Å²) in [6.45, 7) is 1.73. The topological polar surface area (TPSA) is 37.0 Å². The predicted octanol–water partition coefficient (Wildman–Crippen LogP) is 0.520. The summed E-state index contributed by atoms with van der Waals surface area (Å²) in [5.74, 6) is 0. The van der Waals surface area contributed by atoms with Gasteiger partial charge in [0.15, 0.2) is 0 Å². The number of hydrogen-bond donors (Lipinski definition) is 2. The summed E-state index contributed by atoms with van der Waals surface area (Å²) >= 11 is 0. The lowest BCUT2D eigenvalue weighted by Crippen LogP contribution is -2.09. The van der Waals surface area contributed by atoms with Crippen molar-refractivity contribution in [1.82, 2.24) is 15.6 Å². The molecule has 3 heteroatoms. The first-order valence-corrected chi connectivity index (χ1v) is 4.10. The zero-order chi connectivity index (χ0) is 8.81. The van der Waals surface area contributed by atoms with Crippen LogP contribution in [0.15, 0.2) is 18.3 Å². The molecule has 0 fully saturated rings. The molecular weight excluding hydrogens is 150 g/mol. The Bertz CT molecular complexity index is 214. The third-order valence-corrected chi connectivity index (χ3v) is 1.62. The largest absolute Gasteiger partial charge is 0.316 e. The fourth-order valence-electron chi connectivity index (χ4n) is 1.12. The van der Waals surface area contributed by atoms with Gasteiger partial charge in [0.05, 0.1) is 5.69 Å². The molecule has 0 saturated heterocycles. The summed E-state index contributed by atoms with van der Waals surface area (Å²) < 4.78 is 0. The quantitative estimate of drug-likeness (QED) is 0.683. The van der Waals surface area contributed by atoms with Crippen LogP contribution in [-0.4, -0.2) is 19.1 Å². The molecule has 0 atom stereocenters. The molecule has 12 heavy (non-hydrogen) atoms. The highest BCUT2D eigenvalue weighted by Gasteiger charge is 1.94. The van der Waals surface area contributed by atoms with Crippen molar-refractivity contribution in [3.63, 3.8) is 0 Å². The minimum Gasteiger partial charge on any atom is -0.316 e. The Morgan fingerprint density at radius 2 is 2.00 bits per heavy atom. The standard InChI is InChI=1S/C9H15N3/c1-10-6-8-3-4-12-9(5-8)7-11-2/h3-5,10-11H,6-7H2,1-2H3. The highest BCUT2D eigenvalue weighted by molar-refractivity contribution is 5.15. The maximum Gasteiger partial charge on any atom is 0.0544 e. The van der Waals surface area contributed by atoms with Gasteiger partial charge in [-0.2, -0.15) is 0 Å². The van der Waals surface area contributed by atoms with Crippen molar-refractivity contribution < 1.29 is 0 Å². The lowest BCUT2D eigenvalue weighted by Gasteiger charge is -2.02. The van der Waals surface area contributed by atoms with Gasteiger partial charge >= 0.3 is 0 Å². The predicted molar refractivity (Wildman–Crippen MR) is 49.8 cm³/mol. The Morgan fingerprint density at radius 1 is 1.25 bits per heavy atom. The minimum atomic E-state index is 0.831. The summed E-state index contributed by atoms with van der Waals surface area (Å²) in [6.07, 6.45) is 1.85. The second-order valence-corrected chi connectivity index (χ2v) is 2.72. The summed E-state index contributed by atoms with van der Waals surface area (Å²) in [7, 11) is 3.87. The average molecular weight is 165 g/mol. The SMILES string of the molecule is CNCc1ccnc(CNC)c1. The van der Waals surface area contributed by atoms with Gasteiger partial charge in [-0.05, 0) is 31.8 Å². The van der Waals surface area contributed by atoms with Gasteiger partial charge < -0.3 is 10.6 Å². The third-order valence-electron chi connectivity index (χ3n) is 1.62. The van der Waals surface area contributed by atoms with Crippen LogP contribution in [0, 0.1) is 0 Å². The number of hydrogen-bond acceptors (Lipinski definition) is 3. The second-order valence-electron chi connectivity index (χ2n) is 2.72. The molecule has 0 aliphatic carbocycles. The molecule has 0 aliphatic heterocycles. The number of nitrogens with one attached hydrogen (secondary N) is 2. The van der Waals surface area contributed by atoms with Gasteiger partial charge in [0, 0.05) is 19.3 Å². The van der Waals surface area contributed by atoms with Crippen molar-refractivity contribution in [3.05, 3.63) is 29.6 Å². The molecule has 66 valence electrons.